The minimum absolute atomic E-state index is 0.0164. The molecule has 1 aromatic heterocycles. The van der Waals surface area contributed by atoms with Crippen LogP contribution in [0.4, 0.5) is 5.69 Å². The Hall–Kier alpha value is -3.19. The first-order valence-corrected chi connectivity index (χ1v) is 8.57. The number of amides is 2. The molecule has 1 saturated heterocycles. The largest absolute Gasteiger partial charge is 0.336 e. The predicted molar refractivity (Wildman–Crippen MR) is 99.3 cm³/mol. The molecule has 3 N–H and O–H groups in total. The fraction of sp³-hybridized carbons (Fsp3) is 0.211. The van der Waals surface area contributed by atoms with E-state index in [1.807, 2.05) is 29.2 Å². The highest BCUT2D eigenvalue weighted by molar-refractivity contribution is 6.11. The summed E-state index contributed by atoms with van der Waals surface area (Å²) >= 11 is 0. The van der Waals surface area contributed by atoms with Crippen molar-refractivity contribution >= 4 is 28.4 Å². The van der Waals surface area contributed by atoms with Gasteiger partial charge in [0, 0.05) is 42.8 Å². The van der Waals surface area contributed by atoms with Crippen LogP contribution < -0.4 is 10.6 Å². The molecule has 7 nitrogen and oxygen atoms in total. The summed E-state index contributed by atoms with van der Waals surface area (Å²) in [6, 6.07) is 14.4. The maximum atomic E-state index is 12.5. The minimum atomic E-state index is -0.288. The van der Waals surface area contributed by atoms with Crippen LogP contribution in [0.3, 0.4) is 0 Å². The molecule has 132 valence electrons. The Kier molecular flexibility index (Phi) is 4.37. The lowest BCUT2D eigenvalue weighted by molar-refractivity contribution is 0.0735. The first kappa shape index (κ1) is 16.3. The molecule has 2 amide bonds. The van der Waals surface area contributed by atoms with E-state index >= 15 is 0 Å². The van der Waals surface area contributed by atoms with E-state index in [0.29, 0.717) is 30.0 Å². The molecule has 3 aromatic rings. The Labute approximate surface area is 150 Å². The molecule has 4 rings (SSSR count). The number of nitrogens with one attached hydrogen (secondary N) is 3. The Bertz CT molecular complexity index is 942. The molecule has 0 atom stereocenters. The Morgan fingerprint density at radius 3 is 2.50 bits per heavy atom. The molecule has 1 aliphatic rings. The molecule has 2 aromatic carbocycles. The molecule has 0 radical (unpaired) electrons. The first-order chi connectivity index (χ1) is 12.7. The van der Waals surface area contributed by atoms with Gasteiger partial charge in [-0.15, -0.1) is 0 Å². The SMILES string of the molecule is O=C(Nc1ccc(C(=O)N2CCNCC2)cc1)c1n[nH]c2ccccc12. The highest BCUT2D eigenvalue weighted by Crippen LogP contribution is 2.18. The van der Waals surface area contributed by atoms with Crippen molar-refractivity contribution in [1.29, 1.82) is 0 Å². The second-order valence-corrected chi connectivity index (χ2v) is 6.19. The molecule has 7 heteroatoms. The van der Waals surface area contributed by atoms with Crippen LogP contribution in [-0.4, -0.2) is 53.1 Å². The summed E-state index contributed by atoms with van der Waals surface area (Å²) in [4.78, 5) is 26.8. The summed E-state index contributed by atoms with van der Waals surface area (Å²) in [5.41, 5.74) is 2.41. The molecule has 26 heavy (non-hydrogen) atoms. The average Bonchev–Trinajstić information content (AvgIpc) is 3.13. The second-order valence-electron chi connectivity index (χ2n) is 6.19. The van der Waals surface area contributed by atoms with Crippen molar-refractivity contribution in [2.45, 2.75) is 0 Å². The number of rotatable bonds is 3. The van der Waals surface area contributed by atoms with Crippen molar-refractivity contribution in [2.24, 2.45) is 0 Å². The van der Waals surface area contributed by atoms with Crippen molar-refractivity contribution in [3.8, 4) is 0 Å². The first-order valence-electron chi connectivity index (χ1n) is 8.57. The summed E-state index contributed by atoms with van der Waals surface area (Å²) in [6.07, 6.45) is 0. The van der Waals surface area contributed by atoms with Gasteiger partial charge in [0.15, 0.2) is 5.69 Å². The van der Waals surface area contributed by atoms with Gasteiger partial charge in [-0.25, -0.2) is 0 Å². The Morgan fingerprint density at radius 2 is 1.73 bits per heavy atom. The monoisotopic (exact) mass is 349 g/mol. The summed E-state index contributed by atoms with van der Waals surface area (Å²) in [6.45, 7) is 3.06. The molecule has 0 bridgehead atoms. The van der Waals surface area contributed by atoms with Gasteiger partial charge in [-0.2, -0.15) is 5.10 Å². The van der Waals surface area contributed by atoms with Gasteiger partial charge in [-0.05, 0) is 30.3 Å². The van der Waals surface area contributed by atoms with Crippen LogP contribution in [0.15, 0.2) is 48.5 Å². The number of hydrogen-bond acceptors (Lipinski definition) is 4. The Morgan fingerprint density at radius 1 is 1.00 bits per heavy atom. The van der Waals surface area contributed by atoms with E-state index in [2.05, 4.69) is 20.8 Å². The quantitative estimate of drug-likeness (QED) is 0.673. The number of nitrogens with zero attached hydrogens (tertiary/aromatic N) is 2. The van der Waals surface area contributed by atoms with Crippen LogP contribution in [0.1, 0.15) is 20.8 Å². The number of anilines is 1. The van der Waals surface area contributed by atoms with Crippen molar-refractivity contribution < 1.29 is 9.59 Å². The lowest BCUT2D eigenvalue weighted by Crippen LogP contribution is -2.46. The summed E-state index contributed by atoms with van der Waals surface area (Å²) in [5.74, 6) is -0.272. The van der Waals surface area contributed by atoms with Crippen LogP contribution in [0, 0.1) is 0 Å². The fourth-order valence-electron chi connectivity index (χ4n) is 3.07. The van der Waals surface area contributed by atoms with Gasteiger partial charge in [0.05, 0.1) is 5.52 Å². The standard InChI is InChI=1S/C19H19N5O2/c25-18(17-15-3-1-2-4-16(15)22-23-17)21-14-7-5-13(6-8-14)19(26)24-11-9-20-10-12-24/h1-8,20H,9-12H2,(H,21,25)(H,22,23). The summed E-state index contributed by atoms with van der Waals surface area (Å²) in [7, 11) is 0. The third-order valence-corrected chi connectivity index (χ3v) is 4.48. The number of benzene rings is 2. The number of para-hydroxylation sites is 1. The van der Waals surface area contributed by atoms with Crippen molar-refractivity contribution in [2.75, 3.05) is 31.5 Å². The highest BCUT2D eigenvalue weighted by Gasteiger charge is 2.18. The van der Waals surface area contributed by atoms with Gasteiger partial charge in [0.1, 0.15) is 0 Å². The van der Waals surface area contributed by atoms with Gasteiger partial charge in [-0.3, -0.25) is 14.7 Å². The zero-order valence-corrected chi connectivity index (χ0v) is 14.2. The van der Waals surface area contributed by atoms with Crippen LogP contribution >= 0.6 is 0 Å². The molecular formula is C19H19N5O2. The van der Waals surface area contributed by atoms with E-state index in [1.165, 1.54) is 0 Å². The van der Waals surface area contributed by atoms with Crippen LogP contribution in [-0.2, 0) is 0 Å². The van der Waals surface area contributed by atoms with Crippen LogP contribution in [0.2, 0.25) is 0 Å². The number of carbonyl (C=O) groups excluding carboxylic acids is 2. The van der Waals surface area contributed by atoms with E-state index in [1.54, 1.807) is 24.3 Å². The number of H-pyrrole nitrogens is 1. The van der Waals surface area contributed by atoms with E-state index in [0.717, 1.165) is 24.0 Å². The zero-order chi connectivity index (χ0) is 17.9. The number of aromatic amines is 1. The van der Waals surface area contributed by atoms with Crippen molar-refractivity contribution in [1.82, 2.24) is 20.4 Å². The van der Waals surface area contributed by atoms with E-state index in [4.69, 9.17) is 0 Å². The normalized spacial score (nSPS) is 14.4. The molecule has 1 aliphatic heterocycles. The molecular weight excluding hydrogens is 330 g/mol. The minimum Gasteiger partial charge on any atom is -0.336 e. The zero-order valence-electron chi connectivity index (χ0n) is 14.2. The van der Waals surface area contributed by atoms with E-state index in [9.17, 15) is 9.59 Å². The van der Waals surface area contributed by atoms with Gasteiger partial charge in [-0.1, -0.05) is 18.2 Å². The maximum absolute atomic E-state index is 12.5. The third kappa shape index (κ3) is 3.16. The molecule has 0 saturated carbocycles. The molecule has 0 aliphatic carbocycles. The van der Waals surface area contributed by atoms with Crippen molar-refractivity contribution in [3.05, 3.63) is 59.8 Å². The smallest absolute Gasteiger partial charge is 0.276 e. The van der Waals surface area contributed by atoms with E-state index < -0.39 is 0 Å². The molecule has 0 unspecified atom stereocenters. The van der Waals surface area contributed by atoms with Crippen LogP contribution in [0.5, 0.6) is 0 Å². The van der Waals surface area contributed by atoms with Gasteiger partial charge in [0.2, 0.25) is 0 Å². The summed E-state index contributed by atoms with van der Waals surface area (Å²) in [5, 5.41) is 13.8. The number of aromatic nitrogens is 2. The number of carbonyl (C=O) groups is 2. The fourth-order valence-corrected chi connectivity index (χ4v) is 3.07. The van der Waals surface area contributed by atoms with Gasteiger partial charge in [0.25, 0.3) is 11.8 Å². The molecule has 2 heterocycles. The molecule has 0 spiro atoms. The molecule has 1 fully saturated rings. The van der Waals surface area contributed by atoms with Crippen molar-refractivity contribution in [3.63, 3.8) is 0 Å². The number of hydrogen-bond donors (Lipinski definition) is 3. The van der Waals surface area contributed by atoms with E-state index in [-0.39, 0.29) is 11.8 Å². The topological polar surface area (TPSA) is 90.1 Å². The summed E-state index contributed by atoms with van der Waals surface area (Å²) < 4.78 is 0. The Balaban J connectivity index is 1.47. The van der Waals surface area contributed by atoms with Crippen LogP contribution in [0.25, 0.3) is 10.9 Å². The predicted octanol–water partition coefficient (Wildman–Crippen LogP) is 1.86. The van der Waals surface area contributed by atoms with Gasteiger partial charge < -0.3 is 15.5 Å². The third-order valence-electron chi connectivity index (χ3n) is 4.48. The maximum Gasteiger partial charge on any atom is 0.276 e. The average molecular weight is 349 g/mol. The number of piperazine rings is 1. The van der Waals surface area contributed by atoms with Gasteiger partial charge >= 0.3 is 0 Å². The highest BCUT2D eigenvalue weighted by atomic mass is 16.2. The number of fused-ring (bicyclic) bond motifs is 1. The lowest BCUT2D eigenvalue weighted by Gasteiger charge is -2.27. The lowest BCUT2D eigenvalue weighted by atomic mass is 10.1. The second kappa shape index (κ2) is 6.97.